The first-order valence-electron chi connectivity index (χ1n) is 3.86. The zero-order valence-corrected chi connectivity index (χ0v) is 9.66. The van der Waals surface area contributed by atoms with Crippen molar-refractivity contribution in [3.8, 4) is 6.07 Å². The molecule has 8 heteroatoms. The molecule has 76 valence electrons. The van der Waals surface area contributed by atoms with Gasteiger partial charge < -0.3 is 5.32 Å². The first-order valence-corrected chi connectivity index (χ1v) is 5.89. The summed E-state index contributed by atoms with van der Waals surface area (Å²) >= 11 is 8.23. The van der Waals surface area contributed by atoms with E-state index in [2.05, 4.69) is 19.9 Å². The van der Waals surface area contributed by atoms with Gasteiger partial charge in [0.15, 0.2) is 10.3 Å². The molecule has 0 aliphatic carbocycles. The Hall–Kier alpha value is -1.23. The van der Waals surface area contributed by atoms with E-state index in [9.17, 15) is 0 Å². The van der Waals surface area contributed by atoms with E-state index >= 15 is 0 Å². The van der Waals surface area contributed by atoms with Gasteiger partial charge in [-0.25, -0.2) is 4.98 Å². The van der Waals surface area contributed by atoms with Crippen molar-refractivity contribution < 1.29 is 0 Å². The molecule has 0 bridgehead atoms. The van der Waals surface area contributed by atoms with Crippen LogP contribution in [0.4, 0.5) is 5.13 Å². The van der Waals surface area contributed by atoms with E-state index in [1.165, 1.54) is 22.9 Å². The van der Waals surface area contributed by atoms with Crippen LogP contribution in [0.1, 0.15) is 10.6 Å². The number of rotatable bonds is 3. The van der Waals surface area contributed by atoms with Gasteiger partial charge in [0.2, 0.25) is 0 Å². The van der Waals surface area contributed by atoms with Crippen molar-refractivity contribution in [2.45, 2.75) is 6.54 Å². The van der Waals surface area contributed by atoms with Crippen LogP contribution >= 0.6 is 34.5 Å². The standard InChI is InChI=1S/C7H4ClN5S2/c8-6-5(1-9)15-7(11-6)10-2-4-3-14-13-12-4/h3H,2H2,(H,10,11). The summed E-state index contributed by atoms with van der Waals surface area (Å²) < 4.78 is 3.73. The summed E-state index contributed by atoms with van der Waals surface area (Å²) in [5.41, 5.74) is 0.838. The SMILES string of the molecule is N#Cc1sc(NCc2csnn2)nc1Cl. The van der Waals surface area contributed by atoms with Crippen molar-refractivity contribution in [2.75, 3.05) is 5.32 Å². The van der Waals surface area contributed by atoms with Gasteiger partial charge in [-0.05, 0) is 11.5 Å². The van der Waals surface area contributed by atoms with Gasteiger partial charge in [0.25, 0.3) is 0 Å². The van der Waals surface area contributed by atoms with Crippen LogP contribution in [0.3, 0.4) is 0 Å². The smallest absolute Gasteiger partial charge is 0.185 e. The lowest BCUT2D eigenvalue weighted by Crippen LogP contribution is -1.98. The predicted molar refractivity (Wildman–Crippen MR) is 59.1 cm³/mol. The molecule has 15 heavy (non-hydrogen) atoms. The highest BCUT2D eigenvalue weighted by atomic mass is 35.5. The third-order valence-corrected chi connectivity index (χ3v) is 3.37. The highest BCUT2D eigenvalue weighted by Crippen LogP contribution is 2.25. The number of nitriles is 1. The monoisotopic (exact) mass is 257 g/mol. The van der Waals surface area contributed by atoms with E-state index in [4.69, 9.17) is 16.9 Å². The minimum absolute atomic E-state index is 0.237. The number of aromatic nitrogens is 3. The van der Waals surface area contributed by atoms with Gasteiger partial charge in [-0.2, -0.15) is 5.26 Å². The first kappa shape index (κ1) is 10.3. The number of hydrogen-bond acceptors (Lipinski definition) is 7. The molecule has 0 unspecified atom stereocenters. The Morgan fingerprint density at radius 3 is 3.07 bits per heavy atom. The van der Waals surface area contributed by atoms with Crippen LogP contribution in [0.2, 0.25) is 5.15 Å². The lowest BCUT2D eigenvalue weighted by atomic mass is 10.5. The molecule has 0 saturated carbocycles. The number of nitrogens with zero attached hydrogens (tertiary/aromatic N) is 4. The van der Waals surface area contributed by atoms with Crippen LogP contribution in [0.5, 0.6) is 0 Å². The Bertz CT molecular complexity index is 486. The minimum Gasteiger partial charge on any atom is -0.356 e. The highest BCUT2D eigenvalue weighted by Gasteiger charge is 2.08. The molecule has 0 saturated heterocycles. The first-order chi connectivity index (χ1) is 7.29. The fraction of sp³-hybridized carbons (Fsp3) is 0.143. The number of halogens is 1. The summed E-state index contributed by atoms with van der Waals surface area (Å²) in [6.45, 7) is 0.533. The third-order valence-electron chi connectivity index (χ3n) is 1.51. The molecule has 2 aromatic heterocycles. The van der Waals surface area contributed by atoms with E-state index in [-0.39, 0.29) is 5.15 Å². The summed E-state index contributed by atoms with van der Waals surface area (Å²) in [7, 11) is 0. The lowest BCUT2D eigenvalue weighted by Gasteiger charge is -1.96. The Balaban J connectivity index is 2.03. The zero-order valence-electron chi connectivity index (χ0n) is 7.27. The maximum Gasteiger partial charge on any atom is 0.185 e. The van der Waals surface area contributed by atoms with Crippen LogP contribution < -0.4 is 5.32 Å². The summed E-state index contributed by atoms with van der Waals surface area (Å²) in [5.74, 6) is 0. The number of thiazole rings is 1. The van der Waals surface area contributed by atoms with E-state index < -0.39 is 0 Å². The molecular formula is C7H4ClN5S2. The van der Waals surface area contributed by atoms with E-state index in [0.29, 0.717) is 16.6 Å². The predicted octanol–water partition coefficient (Wildman–Crippen LogP) is 2.13. The molecule has 2 rings (SSSR count). The van der Waals surface area contributed by atoms with Crippen LogP contribution in [-0.2, 0) is 6.54 Å². The second kappa shape index (κ2) is 4.53. The lowest BCUT2D eigenvalue weighted by molar-refractivity contribution is 0.996. The number of nitrogens with one attached hydrogen (secondary N) is 1. The fourth-order valence-electron chi connectivity index (χ4n) is 0.873. The Kier molecular flexibility index (Phi) is 3.11. The molecule has 2 aromatic rings. The van der Waals surface area contributed by atoms with Gasteiger partial charge >= 0.3 is 0 Å². The molecule has 0 aromatic carbocycles. The third kappa shape index (κ3) is 2.41. The molecular weight excluding hydrogens is 254 g/mol. The second-order valence-electron chi connectivity index (χ2n) is 2.50. The van der Waals surface area contributed by atoms with Gasteiger partial charge in [0.1, 0.15) is 10.9 Å². The molecule has 0 atom stereocenters. The average Bonchev–Trinajstić information content (AvgIpc) is 2.83. The summed E-state index contributed by atoms with van der Waals surface area (Å²) in [6, 6.07) is 1.97. The molecule has 1 N–H and O–H groups in total. The number of hydrogen-bond donors (Lipinski definition) is 1. The molecule has 2 heterocycles. The number of anilines is 1. The van der Waals surface area contributed by atoms with Crippen LogP contribution in [0, 0.1) is 11.3 Å². The molecule has 0 amide bonds. The Morgan fingerprint density at radius 2 is 2.47 bits per heavy atom. The summed E-state index contributed by atoms with van der Waals surface area (Å²) in [4.78, 5) is 4.40. The normalized spacial score (nSPS) is 9.87. The Labute approximate surface area is 98.5 Å². The van der Waals surface area contributed by atoms with Crippen molar-refractivity contribution in [2.24, 2.45) is 0 Å². The molecule has 0 radical (unpaired) electrons. The van der Waals surface area contributed by atoms with Crippen molar-refractivity contribution in [3.63, 3.8) is 0 Å². The zero-order chi connectivity index (χ0) is 10.7. The summed E-state index contributed by atoms with van der Waals surface area (Å²) in [6.07, 6.45) is 0. The van der Waals surface area contributed by atoms with Crippen LogP contribution in [0.25, 0.3) is 0 Å². The van der Waals surface area contributed by atoms with Gasteiger partial charge in [-0.3, -0.25) is 0 Å². The largest absolute Gasteiger partial charge is 0.356 e. The highest BCUT2D eigenvalue weighted by molar-refractivity contribution is 7.16. The average molecular weight is 258 g/mol. The van der Waals surface area contributed by atoms with Crippen molar-refractivity contribution in [1.29, 1.82) is 5.26 Å². The summed E-state index contributed by atoms with van der Waals surface area (Å²) in [5, 5.41) is 18.2. The maximum atomic E-state index is 8.67. The minimum atomic E-state index is 0.237. The van der Waals surface area contributed by atoms with Crippen LogP contribution in [-0.4, -0.2) is 14.6 Å². The van der Waals surface area contributed by atoms with Gasteiger partial charge in [-0.15, -0.1) is 5.10 Å². The topological polar surface area (TPSA) is 74.5 Å². The Morgan fingerprint density at radius 1 is 1.60 bits per heavy atom. The fourth-order valence-corrected chi connectivity index (χ4v) is 2.27. The maximum absolute atomic E-state index is 8.67. The van der Waals surface area contributed by atoms with E-state index in [0.717, 1.165) is 5.69 Å². The molecule has 0 aliphatic rings. The van der Waals surface area contributed by atoms with Crippen molar-refractivity contribution in [1.82, 2.24) is 14.6 Å². The van der Waals surface area contributed by atoms with E-state index in [1.807, 2.05) is 11.4 Å². The quantitative estimate of drug-likeness (QED) is 0.912. The van der Waals surface area contributed by atoms with Gasteiger partial charge in [-0.1, -0.05) is 27.4 Å². The molecule has 0 fully saturated rings. The van der Waals surface area contributed by atoms with E-state index in [1.54, 1.807) is 0 Å². The van der Waals surface area contributed by atoms with Crippen molar-refractivity contribution in [3.05, 3.63) is 21.1 Å². The van der Waals surface area contributed by atoms with Gasteiger partial charge in [0.05, 0.1) is 12.2 Å². The molecule has 5 nitrogen and oxygen atoms in total. The molecule has 0 aliphatic heterocycles. The van der Waals surface area contributed by atoms with Crippen LogP contribution in [0.15, 0.2) is 5.38 Å². The molecule has 0 spiro atoms. The van der Waals surface area contributed by atoms with Gasteiger partial charge in [0, 0.05) is 5.38 Å². The van der Waals surface area contributed by atoms with Crippen molar-refractivity contribution >= 4 is 39.6 Å². The second-order valence-corrected chi connectivity index (χ2v) is 4.47.